The largest absolute Gasteiger partial charge is 0.477 e. The monoisotopic (exact) mass is 446 g/mol. The molecule has 8 nitrogen and oxygen atoms in total. The zero-order valence-electron chi connectivity index (χ0n) is 16.3. The number of rotatable bonds is 8. The molecule has 2 rings (SSSR count). The second kappa shape index (κ2) is 9.97. The van der Waals surface area contributed by atoms with Gasteiger partial charge in [-0.3, -0.25) is 4.68 Å². The molecule has 1 aromatic heterocycles. The Morgan fingerprint density at radius 3 is 2.38 bits per heavy atom. The first-order valence-corrected chi connectivity index (χ1v) is 9.87. The molecule has 0 aliphatic carbocycles. The van der Waals surface area contributed by atoms with Crippen molar-refractivity contribution in [1.82, 2.24) is 14.1 Å². The van der Waals surface area contributed by atoms with E-state index in [9.17, 15) is 22.7 Å². The van der Waals surface area contributed by atoms with E-state index in [1.807, 2.05) is 0 Å². The predicted octanol–water partition coefficient (Wildman–Crippen LogP) is 1.96. The molecular formula is C18H24ClFN4O4S. The molecule has 0 fully saturated rings. The highest BCUT2D eigenvalue weighted by Crippen LogP contribution is 2.22. The number of nitrogens with two attached hydrogens (primary N) is 1. The molecule has 0 aliphatic heterocycles. The van der Waals surface area contributed by atoms with E-state index in [2.05, 4.69) is 5.10 Å². The molecule has 0 saturated carbocycles. The lowest BCUT2D eigenvalue weighted by atomic mass is 10.0. The second-order valence-electron chi connectivity index (χ2n) is 6.37. The lowest BCUT2D eigenvalue weighted by Gasteiger charge is -2.11. The molecule has 1 heterocycles. The minimum Gasteiger partial charge on any atom is -0.477 e. The van der Waals surface area contributed by atoms with Crippen molar-refractivity contribution in [2.45, 2.75) is 24.8 Å². The highest BCUT2D eigenvalue weighted by atomic mass is 35.5. The van der Waals surface area contributed by atoms with Gasteiger partial charge < -0.3 is 10.8 Å². The van der Waals surface area contributed by atoms with Gasteiger partial charge in [-0.1, -0.05) is 12.1 Å². The number of aryl methyl sites for hydroxylation is 1. The molecule has 160 valence electrons. The van der Waals surface area contributed by atoms with Gasteiger partial charge in [-0.05, 0) is 30.7 Å². The van der Waals surface area contributed by atoms with Crippen molar-refractivity contribution in [1.29, 1.82) is 0 Å². The van der Waals surface area contributed by atoms with Crippen LogP contribution in [0.5, 0.6) is 0 Å². The minimum absolute atomic E-state index is 0. The fourth-order valence-electron chi connectivity index (χ4n) is 2.71. The van der Waals surface area contributed by atoms with E-state index in [0.717, 1.165) is 15.1 Å². The number of nitrogens with zero attached hydrogens (tertiary/aromatic N) is 3. The van der Waals surface area contributed by atoms with Gasteiger partial charge in [-0.2, -0.15) is 5.10 Å². The standard InChI is InChI=1S/C18H23FN4O4S.ClH/c1-12-16(17(18(24)25)23(21-12)11-14(19)8-9-20)10-13-4-6-15(7-5-13)28(26,27)22(2)3;/h4-8H,9-11,20H2,1-3H3,(H,24,25);1H. The zero-order valence-corrected chi connectivity index (χ0v) is 17.9. The summed E-state index contributed by atoms with van der Waals surface area (Å²) in [6.07, 6.45) is 1.38. The fourth-order valence-corrected chi connectivity index (χ4v) is 3.62. The van der Waals surface area contributed by atoms with E-state index in [0.29, 0.717) is 16.8 Å². The molecule has 0 spiro atoms. The number of aromatic carboxylic acids is 1. The summed E-state index contributed by atoms with van der Waals surface area (Å²) in [7, 11) is -0.661. The number of benzene rings is 1. The van der Waals surface area contributed by atoms with Gasteiger partial charge in [0.2, 0.25) is 10.0 Å². The van der Waals surface area contributed by atoms with Gasteiger partial charge in [0.1, 0.15) is 5.83 Å². The summed E-state index contributed by atoms with van der Waals surface area (Å²) in [5.41, 5.74) is 6.77. The summed E-state index contributed by atoms with van der Waals surface area (Å²) in [5, 5.41) is 13.7. The lowest BCUT2D eigenvalue weighted by molar-refractivity contribution is 0.0682. The summed E-state index contributed by atoms with van der Waals surface area (Å²) in [5.74, 6) is -1.79. The van der Waals surface area contributed by atoms with Crippen LogP contribution in [0.25, 0.3) is 0 Å². The van der Waals surface area contributed by atoms with Crippen molar-refractivity contribution in [3.63, 3.8) is 0 Å². The first-order valence-electron chi connectivity index (χ1n) is 8.43. The third-order valence-electron chi connectivity index (χ3n) is 4.18. The predicted molar refractivity (Wildman–Crippen MR) is 110 cm³/mol. The second-order valence-corrected chi connectivity index (χ2v) is 8.52. The maximum atomic E-state index is 13.8. The molecule has 29 heavy (non-hydrogen) atoms. The molecule has 0 bridgehead atoms. The molecule has 0 unspecified atom stereocenters. The fraction of sp³-hybridized carbons (Fsp3) is 0.333. The summed E-state index contributed by atoms with van der Waals surface area (Å²) < 4.78 is 40.3. The number of halogens is 2. The molecule has 0 amide bonds. The molecule has 11 heteroatoms. The summed E-state index contributed by atoms with van der Waals surface area (Å²) in [6, 6.07) is 6.17. The molecule has 2 aromatic rings. The van der Waals surface area contributed by atoms with E-state index in [1.165, 1.54) is 26.2 Å². The zero-order chi connectivity index (χ0) is 21.1. The van der Waals surface area contributed by atoms with Crippen molar-refractivity contribution >= 4 is 28.4 Å². The van der Waals surface area contributed by atoms with Crippen LogP contribution < -0.4 is 5.73 Å². The Morgan fingerprint density at radius 2 is 1.90 bits per heavy atom. The smallest absolute Gasteiger partial charge is 0.354 e. The third kappa shape index (κ3) is 5.63. The summed E-state index contributed by atoms with van der Waals surface area (Å²) >= 11 is 0. The van der Waals surface area contributed by atoms with Crippen molar-refractivity contribution in [3.8, 4) is 0 Å². The van der Waals surface area contributed by atoms with Crippen LogP contribution in [0, 0.1) is 6.92 Å². The van der Waals surface area contributed by atoms with Crippen LogP contribution in [0.3, 0.4) is 0 Å². The molecule has 3 N–H and O–H groups in total. The van der Waals surface area contributed by atoms with Gasteiger partial charge in [0.15, 0.2) is 5.69 Å². The van der Waals surface area contributed by atoms with E-state index in [-0.39, 0.29) is 42.5 Å². The van der Waals surface area contributed by atoms with Crippen molar-refractivity contribution in [3.05, 3.63) is 58.7 Å². The van der Waals surface area contributed by atoms with Gasteiger partial charge in [0, 0.05) is 32.6 Å². The van der Waals surface area contributed by atoms with Crippen LogP contribution in [-0.2, 0) is 23.0 Å². The summed E-state index contributed by atoms with van der Waals surface area (Å²) in [6.45, 7) is 1.33. The highest BCUT2D eigenvalue weighted by Gasteiger charge is 2.22. The van der Waals surface area contributed by atoms with Gasteiger partial charge in [-0.15, -0.1) is 12.4 Å². The van der Waals surface area contributed by atoms with E-state index < -0.39 is 21.8 Å². The first-order chi connectivity index (χ1) is 13.1. The molecule has 0 saturated heterocycles. The average molecular weight is 447 g/mol. The van der Waals surface area contributed by atoms with E-state index in [1.54, 1.807) is 19.1 Å². The number of sulfonamides is 1. The number of carboxylic acid groups (broad SMARTS) is 1. The van der Waals surface area contributed by atoms with E-state index >= 15 is 0 Å². The number of aromatic nitrogens is 2. The molecular weight excluding hydrogens is 423 g/mol. The van der Waals surface area contributed by atoms with Crippen LogP contribution >= 0.6 is 12.4 Å². The maximum absolute atomic E-state index is 13.8. The van der Waals surface area contributed by atoms with E-state index in [4.69, 9.17) is 5.73 Å². The van der Waals surface area contributed by atoms with Crippen LogP contribution in [0.1, 0.15) is 27.3 Å². The molecule has 0 atom stereocenters. The lowest BCUT2D eigenvalue weighted by Crippen LogP contribution is -2.22. The van der Waals surface area contributed by atoms with Gasteiger partial charge in [0.25, 0.3) is 0 Å². The topological polar surface area (TPSA) is 119 Å². The number of carboxylic acids is 1. The average Bonchev–Trinajstić information content (AvgIpc) is 2.90. The number of carbonyl (C=O) groups is 1. The first kappa shape index (κ1) is 24.8. The number of hydrogen-bond acceptors (Lipinski definition) is 5. The van der Waals surface area contributed by atoms with Crippen molar-refractivity contribution < 1.29 is 22.7 Å². The summed E-state index contributed by atoms with van der Waals surface area (Å²) in [4.78, 5) is 11.9. The quantitative estimate of drug-likeness (QED) is 0.639. The van der Waals surface area contributed by atoms with Crippen LogP contribution in [0.15, 0.2) is 41.1 Å². The normalized spacial score (nSPS) is 12.1. The van der Waals surface area contributed by atoms with Gasteiger partial charge >= 0.3 is 5.97 Å². The Balaban J connectivity index is 0.00000420. The molecule has 0 radical (unpaired) electrons. The van der Waals surface area contributed by atoms with Gasteiger partial charge in [-0.25, -0.2) is 21.9 Å². The molecule has 1 aromatic carbocycles. The van der Waals surface area contributed by atoms with Crippen LogP contribution in [0.4, 0.5) is 4.39 Å². The van der Waals surface area contributed by atoms with Crippen LogP contribution in [0.2, 0.25) is 0 Å². The Labute approximate surface area is 175 Å². The Hall–Kier alpha value is -2.27. The van der Waals surface area contributed by atoms with Crippen LogP contribution in [-0.4, -0.2) is 54.2 Å². The van der Waals surface area contributed by atoms with Gasteiger partial charge in [0.05, 0.1) is 17.1 Å². The SMILES string of the molecule is Cc1nn(CC(F)=CCN)c(C(=O)O)c1Cc1ccc(S(=O)(=O)N(C)C)cc1.Cl. The number of allylic oxidation sites excluding steroid dienone is 1. The molecule has 0 aliphatic rings. The number of hydrogen-bond donors (Lipinski definition) is 2. The van der Waals surface area contributed by atoms with Crippen molar-refractivity contribution in [2.75, 3.05) is 20.6 Å². The third-order valence-corrected chi connectivity index (χ3v) is 6.01. The van der Waals surface area contributed by atoms with Crippen molar-refractivity contribution in [2.24, 2.45) is 5.73 Å². The maximum Gasteiger partial charge on any atom is 0.354 e. The Bertz CT molecular complexity index is 1000. The Morgan fingerprint density at radius 1 is 1.31 bits per heavy atom. The highest BCUT2D eigenvalue weighted by molar-refractivity contribution is 7.89. The Kier molecular flexibility index (Phi) is 8.51. The minimum atomic E-state index is -3.55.